The van der Waals surface area contributed by atoms with Gasteiger partial charge < -0.3 is 0 Å². The van der Waals surface area contributed by atoms with Crippen LogP contribution in [0.3, 0.4) is 0 Å². The maximum Gasteiger partial charge on any atom is 0.138 e. The van der Waals surface area contributed by atoms with Crippen LogP contribution in [0.2, 0.25) is 0 Å². The van der Waals surface area contributed by atoms with E-state index < -0.39 is 0 Å². The predicted octanol–water partition coefficient (Wildman–Crippen LogP) is 1.78. The van der Waals surface area contributed by atoms with E-state index >= 15 is 0 Å². The lowest BCUT2D eigenvalue weighted by Crippen LogP contribution is -2.45. The number of aromatic amines is 1. The molecule has 2 saturated heterocycles. The second kappa shape index (κ2) is 7.74. The summed E-state index contributed by atoms with van der Waals surface area (Å²) in [6.07, 6.45) is 4.33. The first-order valence-electron chi connectivity index (χ1n) is 8.93. The van der Waals surface area contributed by atoms with Crippen LogP contribution in [-0.2, 0) is 19.6 Å². The first-order chi connectivity index (χ1) is 11.8. The molecule has 0 bridgehead atoms. The first kappa shape index (κ1) is 16.2. The van der Waals surface area contributed by atoms with Gasteiger partial charge in [-0.25, -0.2) is 4.98 Å². The predicted molar refractivity (Wildman–Crippen MR) is 95.8 cm³/mol. The average molecular weight is 347 g/mol. The van der Waals surface area contributed by atoms with Crippen molar-refractivity contribution >= 4 is 11.3 Å². The minimum absolute atomic E-state index is 0.882. The van der Waals surface area contributed by atoms with Gasteiger partial charge in [0.25, 0.3) is 0 Å². The van der Waals surface area contributed by atoms with Crippen molar-refractivity contribution in [2.45, 2.75) is 32.5 Å². The first-order valence-corrected chi connectivity index (χ1v) is 9.81. The van der Waals surface area contributed by atoms with E-state index in [9.17, 15) is 0 Å². The quantitative estimate of drug-likeness (QED) is 0.864. The molecule has 0 unspecified atom stereocenters. The molecule has 130 valence electrons. The molecule has 2 fully saturated rings. The molecule has 0 spiro atoms. The van der Waals surface area contributed by atoms with Crippen molar-refractivity contribution in [3.05, 3.63) is 34.0 Å². The van der Waals surface area contributed by atoms with Crippen LogP contribution in [0.4, 0.5) is 0 Å². The van der Waals surface area contributed by atoms with Crippen LogP contribution in [0.5, 0.6) is 0 Å². The smallest absolute Gasteiger partial charge is 0.138 e. The monoisotopic (exact) mass is 346 g/mol. The highest BCUT2D eigenvalue weighted by molar-refractivity contribution is 7.10. The minimum atomic E-state index is 0.882. The Labute approximate surface area is 147 Å². The second-order valence-corrected chi connectivity index (χ2v) is 7.88. The van der Waals surface area contributed by atoms with Crippen LogP contribution in [0.15, 0.2) is 17.8 Å². The van der Waals surface area contributed by atoms with Crippen molar-refractivity contribution in [1.82, 2.24) is 29.9 Å². The molecule has 0 aliphatic carbocycles. The van der Waals surface area contributed by atoms with Crippen molar-refractivity contribution in [1.29, 1.82) is 0 Å². The molecule has 0 saturated carbocycles. The van der Waals surface area contributed by atoms with Crippen LogP contribution in [0.1, 0.15) is 29.1 Å². The van der Waals surface area contributed by atoms with Crippen molar-refractivity contribution in [2.75, 3.05) is 39.3 Å². The van der Waals surface area contributed by atoms with Gasteiger partial charge in [-0.05, 0) is 42.9 Å². The van der Waals surface area contributed by atoms with Crippen molar-refractivity contribution in [3.63, 3.8) is 0 Å². The minimum Gasteiger partial charge on any atom is -0.299 e. The van der Waals surface area contributed by atoms with E-state index in [-0.39, 0.29) is 0 Å². The summed E-state index contributed by atoms with van der Waals surface area (Å²) in [5, 5.41) is 9.23. The van der Waals surface area contributed by atoms with Gasteiger partial charge in [0.05, 0.1) is 6.54 Å². The van der Waals surface area contributed by atoms with Gasteiger partial charge in [0.15, 0.2) is 0 Å². The molecular formula is C17H26N6S. The van der Waals surface area contributed by atoms with E-state index in [0.717, 1.165) is 51.6 Å². The number of likely N-dealkylation sites (tertiary alicyclic amines) is 1. The Morgan fingerprint density at radius 2 is 1.62 bits per heavy atom. The van der Waals surface area contributed by atoms with Crippen LogP contribution < -0.4 is 0 Å². The maximum absolute atomic E-state index is 4.22. The third kappa shape index (κ3) is 4.22. The zero-order valence-electron chi connectivity index (χ0n) is 14.2. The molecule has 0 aromatic carbocycles. The highest BCUT2D eigenvalue weighted by atomic mass is 32.1. The van der Waals surface area contributed by atoms with Crippen molar-refractivity contribution in [2.24, 2.45) is 0 Å². The number of nitrogens with zero attached hydrogens (tertiary/aromatic N) is 5. The van der Waals surface area contributed by atoms with Crippen LogP contribution >= 0.6 is 11.3 Å². The van der Waals surface area contributed by atoms with E-state index in [4.69, 9.17) is 0 Å². The van der Waals surface area contributed by atoms with E-state index in [1.165, 1.54) is 36.4 Å². The van der Waals surface area contributed by atoms with Crippen LogP contribution in [0.25, 0.3) is 0 Å². The zero-order chi connectivity index (χ0) is 16.2. The molecule has 2 aromatic rings. The van der Waals surface area contributed by atoms with E-state index in [0.29, 0.717) is 0 Å². The van der Waals surface area contributed by atoms with Gasteiger partial charge in [0, 0.05) is 44.1 Å². The Morgan fingerprint density at radius 1 is 0.917 bits per heavy atom. The van der Waals surface area contributed by atoms with Gasteiger partial charge in [-0.15, -0.1) is 11.3 Å². The molecule has 2 aliphatic rings. The fourth-order valence-electron chi connectivity index (χ4n) is 3.64. The summed E-state index contributed by atoms with van der Waals surface area (Å²) in [6, 6.07) is 2.42. The molecule has 0 radical (unpaired) electrons. The van der Waals surface area contributed by atoms with E-state index in [1.54, 1.807) is 6.33 Å². The van der Waals surface area contributed by atoms with Gasteiger partial charge in [0.1, 0.15) is 12.2 Å². The van der Waals surface area contributed by atoms with Crippen molar-refractivity contribution in [3.8, 4) is 0 Å². The Kier molecular flexibility index (Phi) is 5.22. The number of nitrogens with one attached hydrogen (secondary N) is 1. The number of thiophene rings is 1. The third-order valence-electron chi connectivity index (χ3n) is 5.00. The number of rotatable bonds is 6. The summed E-state index contributed by atoms with van der Waals surface area (Å²) in [6.45, 7) is 10.1. The Bertz CT molecular complexity index is 611. The fourth-order valence-corrected chi connectivity index (χ4v) is 4.56. The van der Waals surface area contributed by atoms with Gasteiger partial charge in [-0.3, -0.25) is 19.8 Å². The van der Waals surface area contributed by atoms with Gasteiger partial charge in [-0.1, -0.05) is 0 Å². The normalized spacial score (nSPS) is 20.8. The second-order valence-electron chi connectivity index (χ2n) is 6.89. The van der Waals surface area contributed by atoms with E-state index in [1.807, 2.05) is 11.3 Å². The van der Waals surface area contributed by atoms with Gasteiger partial charge in [-0.2, -0.15) is 5.10 Å². The Morgan fingerprint density at radius 3 is 2.33 bits per heavy atom. The topological polar surface area (TPSA) is 51.3 Å². The maximum atomic E-state index is 4.22. The zero-order valence-corrected chi connectivity index (χ0v) is 15.0. The number of hydrogen-bond donors (Lipinski definition) is 1. The number of piperazine rings is 1. The molecule has 4 rings (SSSR count). The molecule has 2 aromatic heterocycles. The SMILES string of the molecule is c1n[nH]c(CN2CCN(Cc3cc(CN4CCCC4)cs3)CC2)n1. The summed E-state index contributed by atoms with van der Waals surface area (Å²) < 4.78 is 0. The lowest BCUT2D eigenvalue weighted by atomic mass is 10.2. The molecule has 4 heterocycles. The van der Waals surface area contributed by atoms with Gasteiger partial charge in [0.2, 0.25) is 0 Å². The van der Waals surface area contributed by atoms with Crippen molar-refractivity contribution < 1.29 is 0 Å². The molecular weight excluding hydrogens is 320 g/mol. The Balaban J connectivity index is 1.22. The summed E-state index contributed by atoms with van der Waals surface area (Å²) in [5.41, 5.74) is 1.50. The molecule has 7 heteroatoms. The molecule has 0 atom stereocenters. The van der Waals surface area contributed by atoms with Gasteiger partial charge >= 0.3 is 0 Å². The third-order valence-corrected chi connectivity index (χ3v) is 5.97. The molecule has 0 amide bonds. The van der Waals surface area contributed by atoms with Crippen LogP contribution in [-0.4, -0.2) is 69.1 Å². The highest BCUT2D eigenvalue weighted by Gasteiger charge is 2.19. The summed E-state index contributed by atoms with van der Waals surface area (Å²) in [4.78, 5) is 13.3. The molecule has 2 aliphatic heterocycles. The lowest BCUT2D eigenvalue weighted by molar-refractivity contribution is 0.120. The standard InChI is InChI=1S/C17H26N6S/c1-2-4-21(3-1)10-15-9-16(24-13-15)11-22-5-7-23(8-6-22)12-17-18-14-19-20-17/h9,13-14H,1-8,10-12H2,(H,18,19,20). The number of hydrogen-bond acceptors (Lipinski definition) is 6. The summed E-state index contributed by atoms with van der Waals surface area (Å²) in [7, 11) is 0. The van der Waals surface area contributed by atoms with E-state index in [2.05, 4.69) is 41.3 Å². The highest BCUT2D eigenvalue weighted by Crippen LogP contribution is 2.21. The molecule has 24 heavy (non-hydrogen) atoms. The fraction of sp³-hybridized carbons (Fsp3) is 0.647. The molecule has 6 nitrogen and oxygen atoms in total. The summed E-state index contributed by atoms with van der Waals surface area (Å²) in [5.74, 6) is 0.966. The lowest BCUT2D eigenvalue weighted by Gasteiger charge is -2.33. The average Bonchev–Trinajstić information content (AvgIpc) is 3.34. The van der Waals surface area contributed by atoms with Crippen LogP contribution in [0, 0.1) is 0 Å². The molecule has 1 N–H and O–H groups in total. The summed E-state index contributed by atoms with van der Waals surface area (Å²) >= 11 is 1.93. The number of aromatic nitrogens is 3. The Hall–Kier alpha value is -1.28. The number of H-pyrrole nitrogens is 1. The largest absolute Gasteiger partial charge is 0.299 e.